The Morgan fingerprint density at radius 2 is 1.92 bits per heavy atom. The standard InChI is InChI=1S/C17H21FN4O2S/c1-2-19-17(22-13-14-7-5-6-10-20-14)21-11-12-25(23,24)16-9-4-3-8-15(16)18/h3-10H,2,11-13H2,1H3,(H2,19,21,22). The number of guanidine groups is 1. The number of hydrogen-bond acceptors (Lipinski definition) is 4. The minimum Gasteiger partial charge on any atom is -0.357 e. The number of nitrogens with zero attached hydrogens (tertiary/aromatic N) is 2. The Kier molecular flexibility index (Phi) is 6.88. The van der Waals surface area contributed by atoms with E-state index in [1.807, 2.05) is 25.1 Å². The number of sulfone groups is 1. The SMILES string of the molecule is CCNC(=NCc1ccccn1)NCCS(=O)(=O)c1ccccc1F. The van der Waals surface area contributed by atoms with Gasteiger partial charge in [0.25, 0.3) is 0 Å². The minimum absolute atomic E-state index is 0.116. The molecular weight excluding hydrogens is 343 g/mol. The molecule has 0 saturated carbocycles. The van der Waals surface area contributed by atoms with Gasteiger partial charge in [-0.1, -0.05) is 18.2 Å². The number of rotatable bonds is 7. The van der Waals surface area contributed by atoms with Crippen LogP contribution in [-0.2, 0) is 16.4 Å². The highest BCUT2D eigenvalue weighted by atomic mass is 32.2. The maximum Gasteiger partial charge on any atom is 0.191 e. The number of aliphatic imine (C=N–C) groups is 1. The number of hydrogen-bond donors (Lipinski definition) is 2. The fourth-order valence-electron chi connectivity index (χ4n) is 2.10. The molecule has 2 aromatic rings. The quantitative estimate of drug-likeness (QED) is 0.578. The van der Waals surface area contributed by atoms with E-state index in [4.69, 9.17) is 0 Å². The van der Waals surface area contributed by atoms with Gasteiger partial charge in [0.2, 0.25) is 0 Å². The highest BCUT2D eigenvalue weighted by Gasteiger charge is 2.18. The Balaban J connectivity index is 1.96. The van der Waals surface area contributed by atoms with Gasteiger partial charge in [0, 0.05) is 19.3 Å². The third kappa shape index (κ3) is 5.82. The van der Waals surface area contributed by atoms with E-state index in [1.165, 1.54) is 18.2 Å². The predicted molar refractivity (Wildman–Crippen MR) is 95.5 cm³/mol. The van der Waals surface area contributed by atoms with Crippen molar-refractivity contribution in [3.63, 3.8) is 0 Å². The lowest BCUT2D eigenvalue weighted by Crippen LogP contribution is -2.39. The van der Waals surface area contributed by atoms with Crippen molar-refractivity contribution in [3.05, 3.63) is 60.2 Å². The van der Waals surface area contributed by atoms with E-state index < -0.39 is 15.7 Å². The first kappa shape index (κ1) is 18.9. The van der Waals surface area contributed by atoms with E-state index in [0.29, 0.717) is 19.0 Å². The molecule has 134 valence electrons. The first-order valence-corrected chi connectivity index (χ1v) is 9.57. The van der Waals surface area contributed by atoms with Gasteiger partial charge in [0.1, 0.15) is 10.7 Å². The van der Waals surface area contributed by atoms with Crippen LogP contribution in [0.4, 0.5) is 4.39 Å². The molecule has 0 radical (unpaired) electrons. The molecule has 0 saturated heterocycles. The number of pyridine rings is 1. The maximum atomic E-state index is 13.7. The average molecular weight is 364 g/mol. The zero-order valence-electron chi connectivity index (χ0n) is 13.9. The molecule has 0 unspecified atom stereocenters. The van der Waals surface area contributed by atoms with Crippen LogP contribution in [0.1, 0.15) is 12.6 Å². The zero-order chi connectivity index (χ0) is 18.1. The lowest BCUT2D eigenvalue weighted by molar-refractivity contribution is 0.566. The topological polar surface area (TPSA) is 83.4 Å². The lowest BCUT2D eigenvalue weighted by atomic mass is 10.3. The molecule has 25 heavy (non-hydrogen) atoms. The van der Waals surface area contributed by atoms with Crippen LogP contribution in [0.2, 0.25) is 0 Å². The molecule has 8 heteroatoms. The summed E-state index contributed by atoms with van der Waals surface area (Å²) in [6.07, 6.45) is 1.69. The van der Waals surface area contributed by atoms with Gasteiger partial charge in [0.05, 0.1) is 18.0 Å². The fraction of sp³-hybridized carbons (Fsp3) is 0.294. The summed E-state index contributed by atoms with van der Waals surface area (Å²) in [5.41, 5.74) is 0.804. The van der Waals surface area contributed by atoms with Gasteiger partial charge in [0.15, 0.2) is 15.8 Å². The maximum absolute atomic E-state index is 13.7. The molecule has 1 heterocycles. The highest BCUT2D eigenvalue weighted by Crippen LogP contribution is 2.14. The summed E-state index contributed by atoms with van der Waals surface area (Å²) >= 11 is 0. The van der Waals surface area contributed by atoms with Gasteiger partial charge in [-0.15, -0.1) is 0 Å². The second-order valence-corrected chi connectivity index (χ2v) is 7.27. The van der Waals surface area contributed by atoms with Crippen LogP contribution in [0.3, 0.4) is 0 Å². The van der Waals surface area contributed by atoms with E-state index in [0.717, 1.165) is 11.8 Å². The van der Waals surface area contributed by atoms with Crippen LogP contribution in [-0.4, -0.2) is 38.2 Å². The summed E-state index contributed by atoms with van der Waals surface area (Å²) in [4.78, 5) is 8.25. The smallest absolute Gasteiger partial charge is 0.191 e. The molecule has 0 fully saturated rings. The molecule has 1 aromatic carbocycles. The molecule has 0 aliphatic carbocycles. The molecular formula is C17H21FN4O2S. The van der Waals surface area contributed by atoms with Crippen molar-refractivity contribution in [3.8, 4) is 0 Å². The van der Waals surface area contributed by atoms with Crippen LogP contribution in [0.15, 0.2) is 58.5 Å². The molecule has 6 nitrogen and oxygen atoms in total. The Morgan fingerprint density at radius 1 is 1.16 bits per heavy atom. The molecule has 0 amide bonds. The van der Waals surface area contributed by atoms with Crippen molar-refractivity contribution >= 4 is 15.8 Å². The van der Waals surface area contributed by atoms with E-state index in [2.05, 4.69) is 20.6 Å². The molecule has 2 N–H and O–H groups in total. The highest BCUT2D eigenvalue weighted by molar-refractivity contribution is 7.91. The normalized spacial score (nSPS) is 12.0. The molecule has 0 bridgehead atoms. The third-order valence-electron chi connectivity index (χ3n) is 3.30. The van der Waals surface area contributed by atoms with Crippen molar-refractivity contribution in [1.82, 2.24) is 15.6 Å². The van der Waals surface area contributed by atoms with Crippen LogP contribution in [0.25, 0.3) is 0 Å². The number of benzene rings is 1. The number of halogens is 1. The Hall–Kier alpha value is -2.48. The van der Waals surface area contributed by atoms with Crippen molar-refractivity contribution in [2.75, 3.05) is 18.8 Å². The molecule has 0 atom stereocenters. The van der Waals surface area contributed by atoms with Gasteiger partial charge < -0.3 is 10.6 Å². The van der Waals surface area contributed by atoms with Gasteiger partial charge in [-0.3, -0.25) is 4.98 Å². The lowest BCUT2D eigenvalue weighted by Gasteiger charge is -2.11. The molecule has 1 aromatic heterocycles. The predicted octanol–water partition coefficient (Wildman–Crippen LogP) is 1.75. The van der Waals surface area contributed by atoms with Gasteiger partial charge in [-0.2, -0.15) is 0 Å². The third-order valence-corrected chi connectivity index (χ3v) is 5.05. The fourth-order valence-corrected chi connectivity index (χ4v) is 3.35. The Morgan fingerprint density at radius 3 is 2.60 bits per heavy atom. The first-order valence-electron chi connectivity index (χ1n) is 7.92. The summed E-state index contributed by atoms with van der Waals surface area (Å²) in [6, 6.07) is 10.9. The second kappa shape index (κ2) is 9.12. The van der Waals surface area contributed by atoms with Crippen molar-refractivity contribution < 1.29 is 12.8 Å². The molecule has 0 aliphatic rings. The second-order valence-electron chi connectivity index (χ2n) is 5.19. The van der Waals surface area contributed by atoms with Gasteiger partial charge in [-0.05, 0) is 31.2 Å². The average Bonchev–Trinajstić information content (AvgIpc) is 2.60. The zero-order valence-corrected chi connectivity index (χ0v) is 14.8. The largest absolute Gasteiger partial charge is 0.357 e. The van der Waals surface area contributed by atoms with Crippen molar-refractivity contribution in [2.45, 2.75) is 18.4 Å². The summed E-state index contributed by atoms with van der Waals surface area (Å²) < 4.78 is 38.1. The summed E-state index contributed by atoms with van der Waals surface area (Å²) in [7, 11) is -3.70. The molecule has 0 aliphatic heterocycles. The number of aromatic nitrogens is 1. The van der Waals surface area contributed by atoms with Crippen LogP contribution in [0, 0.1) is 5.82 Å². The van der Waals surface area contributed by atoms with Crippen molar-refractivity contribution in [1.29, 1.82) is 0 Å². The van der Waals surface area contributed by atoms with E-state index in [1.54, 1.807) is 6.20 Å². The van der Waals surface area contributed by atoms with E-state index in [9.17, 15) is 12.8 Å². The van der Waals surface area contributed by atoms with E-state index in [-0.39, 0.29) is 17.2 Å². The number of nitrogens with one attached hydrogen (secondary N) is 2. The molecule has 0 spiro atoms. The Bertz CT molecular complexity index is 810. The first-order chi connectivity index (χ1) is 12.0. The monoisotopic (exact) mass is 364 g/mol. The van der Waals surface area contributed by atoms with Gasteiger partial charge in [-0.25, -0.2) is 17.8 Å². The summed E-state index contributed by atoms with van der Waals surface area (Å²) in [5.74, 6) is -0.489. The van der Waals surface area contributed by atoms with Crippen LogP contribution >= 0.6 is 0 Å². The van der Waals surface area contributed by atoms with Crippen LogP contribution < -0.4 is 10.6 Å². The van der Waals surface area contributed by atoms with Crippen molar-refractivity contribution in [2.24, 2.45) is 4.99 Å². The van der Waals surface area contributed by atoms with Gasteiger partial charge >= 0.3 is 0 Å². The summed E-state index contributed by atoms with van der Waals surface area (Å²) in [5, 5.41) is 5.98. The minimum atomic E-state index is -3.70. The van der Waals surface area contributed by atoms with E-state index >= 15 is 0 Å². The summed E-state index contributed by atoms with van der Waals surface area (Å²) in [6.45, 7) is 3.03. The Labute approximate surface area is 147 Å². The van der Waals surface area contributed by atoms with Crippen LogP contribution in [0.5, 0.6) is 0 Å². The molecule has 2 rings (SSSR count).